The highest BCUT2D eigenvalue weighted by Crippen LogP contribution is 2.29. The van der Waals surface area contributed by atoms with Crippen LogP contribution in [-0.4, -0.2) is 43.6 Å². The SMILES string of the molecule is CCn1c(SCC(=O)Nc2ccc(O)c([N+](=O)[O-])c2)nnc1-c1ccc(OC)cc1. The van der Waals surface area contributed by atoms with E-state index in [9.17, 15) is 20.0 Å². The van der Waals surface area contributed by atoms with Crippen molar-refractivity contribution in [2.75, 3.05) is 18.2 Å². The Morgan fingerprint density at radius 1 is 1.27 bits per heavy atom. The minimum Gasteiger partial charge on any atom is -0.502 e. The number of nitrogens with zero attached hydrogens (tertiary/aromatic N) is 4. The van der Waals surface area contributed by atoms with E-state index < -0.39 is 16.4 Å². The largest absolute Gasteiger partial charge is 0.502 e. The number of hydrogen-bond donors (Lipinski definition) is 2. The summed E-state index contributed by atoms with van der Waals surface area (Å²) in [6.07, 6.45) is 0. The maximum atomic E-state index is 12.3. The molecule has 0 unspecified atom stereocenters. The van der Waals surface area contributed by atoms with E-state index in [1.165, 1.54) is 17.8 Å². The number of amides is 1. The number of nitro benzene ring substituents is 1. The van der Waals surface area contributed by atoms with E-state index in [-0.39, 0.29) is 17.3 Å². The number of methoxy groups -OCH3 is 1. The molecule has 0 bridgehead atoms. The van der Waals surface area contributed by atoms with Gasteiger partial charge in [-0.05, 0) is 43.3 Å². The summed E-state index contributed by atoms with van der Waals surface area (Å²) in [6, 6.07) is 11.1. The number of nitrogens with one attached hydrogen (secondary N) is 1. The molecule has 10 nitrogen and oxygen atoms in total. The topological polar surface area (TPSA) is 132 Å². The van der Waals surface area contributed by atoms with Crippen LogP contribution in [0.1, 0.15) is 6.92 Å². The quantitative estimate of drug-likeness (QED) is 0.241. The van der Waals surface area contributed by atoms with Crippen molar-refractivity contribution in [2.24, 2.45) is 0 Å². The summed E-state index contributed by atoms with van der Waals surface area (Å²) in [5, 5.41) is 32.0. The van der Waals surface area contributed by atoms with Gasteiger partial charge in [-0.15, -0.1) is 10.2 Å². The van der Waals surface area contributed by atoms with Crippen LogP contribution in [0.4, 0.5) is 11.4 Å². The van der Waals surface area contributed by atoms with Crippen molar-refractivity contribution in [3.05, 3.63) is 52.6 Å². The fourth-order valence-electron chi connectivity index (χ4n) is 2.71. The second kappa shape index (κ2) is 9.27. The van der Waals surface area contributed by atoms with Gasteiger partial charge >= 0.3 is 5.69 Å². The Labute approximate surface area is 176 Å². The monoisotopic (exact) mass is 429 g/mol. The van der Waals surface area contributed by atoms with Crippen molar-refractivity contribution < 1.29 is 19.6 Å². The van der Waals surface area contributed by atoms with Crippen molar-refractivity contribution in [3.8, 4) is 22.9 Å². The number of anilines is 1. The van der Waals surface area contributed by atoms with Crippen molar-refractivity contribution in [1.82, 2.24) is 14.8 Å². The van der Waals surface area contributed by atoms with E-state index in [1.54, 1.807) is 7.11 Å². The van der Waals surface area contributed by atoms with Gasteiger partial charge in [0.1, 0.15) is 5.75 Å². The van der Waals surface area contributed by atoms with Crippen LogP contribution in [-0.2, 0) is 11.3 Å². The second-order valence-electron chi connectivity index (χ2n) is 6.08. The third kappa shape index (κ3) is 4.69. The van der Waals surface area contributed by atoms with Gasteiger partial charge in [0.2, 0.25) is 5.91 Å². The highest BCUT2D eigenvalue weighted by Gasteiger charge is 2.17. The number of nitro groups is 1. The minimum atomic E-state index is -0.718. The van der Waals surface area contributed by atoms with Crippen molar-refractivity contribution in [3.63, 3.8) is 0 Å². The van der Waals surface area contributed by atoms with Gasteiger partial charge in [0.05, 0.1) is 17.8 Å². The van der Waals surface area contributed by atoms with Gasteiger partial charge in [0, 0.05) is 23.9 Å². The van der Waals surface area contributed by atoms with Gasteiger partial charge in [-0.3, -0.25) is 14.9 Å². The molecule has 2 aromatic carbocycles. The normalized spacial score (nSPS) is 10.6. The molecule has 1 aromatic heterocycles. The lowest BCUT2D eigenvalue weighted by Crippen LogP contribution is -2.14. The molecule has 30 heavy (non-hydrogen) atoms. The first kappa shape index (κ1) is 21.1. The highest BCUT2D eigenvalue weighted by atomic mass is 32.2. The first-order valence-electron chi connectivity index (χ1n) is 8.90. The summed E-state index contributed by atoms with van der Waals surface area (Å²) in [5.41, 5.74) is 0.620. The van der Waals surface area contributed by atoms with E-state index in [1.807, 2.05) is 35.8 Å². The molecular weight excluding hydrogens is 410 g/mol. The number of hydrogen-bond acceptors (Lipinski definition) is 8. The number of ether oxygens (including phenoxy) is 1. The number of thioether (sulfide) groups is 1. The maximum Gasteiger partial charge on any atom is 0.312 e. The molecule has 0 saturated carbocycles. The van der Waals surface area contributed by atoms with Crippen LogP contribution in [0.15, 0.2) is 47.6 Å². The molecule has 3 aromatic rings. The van der Waals surface area contributed by atoms with Crippen molar-refractivity contribution in [1.29, 1.82) is 0 Å². The van der Waals surface area contributed by atoms with Crippen LogP contribution in [0.3, 0.4) is 0 Å². The van der Waals surface area contributed by atoms with Gasteiger partial charge in [-0.25, -0.2) is 0 Å². The molecule has 0 atom stereocenters. The van der Waals surface area contributed by atoms with Gasteiger partial charge in [-0.2, -0.15) is 0 Å². The van der Waals surface area contributed by atoms with Crippen LogP contribution >= 0.6 is 11.8 Å². The summed E-state index contributed by atoms with van der Waals surface area (Å²) in [4.78, 5) is 22.4. The molecule has 0 aliphatic heterocycles. The third-order valence-electron chi connectivity index (χ3n) is 4.17. The summed E-state index contributed by atoms with van der Waals surface area (Å²) >= 11 is 1.21. The second-order valence-corrected chi connectivity index (χ2v) is 7.02. The lowest BCUT2D eigenvalue weighted by atomic mass is 10.2. The maximum absolute atomic E-state index is 12.3. The Kier molecular flexibility index (Phi) is 6.52. The Morgan fingerprint density at radius 3 is 2.63 bits per heavy atom. The molecule has 11 heteroatoms. The fourth-order valence-corrected chi connectivity index (χ4v) is 3.51. The number of carbonyl (C=O) groups is 1. The van der Waals surface area contributed by atoms with E-state index in [4.69, 9.17) is 4.74 Å². The predicted octanol–water partition coefficient (Wildman–Crippen LogP) is 3.32. The lowest BCUT2D eigenvalue weighted by Gasteiger charge is -2.08. The van der Waals surface area contributed by atoms with Gasteiger partial charge in [0.15, 0.2) is 16.7 Å². The molecule has 0 spiro atoms. The summed E-state index contributed by atoms with van der Waals surface area (Å²) < 4.78 is 7.06. The Hall–Kier alpha value is -3.60. The molecule has 0 aliphatic rings. The molecule has 0 saturated heterocycles. The Morgan fingerprint density at radius 2 is 2.00 bits per heavy atom. The number of benzene rings is 2. The summed E-state index contributed by atoms with van der Waals surface area (Å²) in [6.45, 7) is 2.57. The van der Waals surface area contributed by atoms with Crippen LogP contribution in [0, 0.1) is 10.1 Å². The van der Waals surface area contributed by atoms with E-state index in [0.29, 0.717) is 17.5 Å². The van der Waals surface area contributed by atoms with E-state index in [2.05, 4.69) is 15.5 Å². The van der Waals surface area contributed by atoms with E-state index in [0.717, 1.165) is 23.4 Å². The average Bonchev–Trinajstić information content (AvgIpc) is 3.16. The Balaban J connectivity index is 1.68. The third-order valence-corrected chi connectivity index (χ3v) is 5.14. The Bertz CT molecular complexity index is 1070. The number of aromatic nitrogens is 3. The first-order valence-corrected chi connectivity index (χ1v) is 9.89. The lowest BCUT2D eigenvalue weighted by molar-refractivity contribution is -0.385. The molecule has 156 valence electrons. The average molecular weight is 429 g/mol. The van der Waals surface area contributed by atoms with Gasteiger partial charge < -0.3 is 19.7 Å². The fraction of sp³-hybridized carbons (Fsp3) is 0.211. The van der Waals surface area contributed by atoms with Crippen molar-refractivity contribution in [2.45, 2.75) is 18.6 Å². The zero-order valence-electron chi connectivity index (χ0n) is 16.2. The minimum absolute atomic E-state index is 0.0371. The van der Waals surface area contributed by atoms with Crippen LogP contribution in [0.2, 0.25) is 0 Å². The number of aromatic hydroxyl groups is 1. The van der Waals surface area contributed by atoms with Gasteiger partial charge in [-0.1, -0.05) is 11.8 Å². The summed E-state index contributed by atoms with van der Waals surface area (Å²) in [5.74, 6) is 0.625. The molecule has 2 N–H and O–H groups in total. The smallest absolute Gasteiger partial charge is 0.312 e. The molecule has 0 fully saturated rings. The predicted molar refractivity (Wildman–Crippen MR) is 112 cm³/mol. The van der Waals surface area contributed by atoms with Crippen LogP contribution in [0.25, 0.3) is 11.4 Å². The number of carbonyl (C=O) groups excluding carboxylic acids is 1. The van der Waals surface area contributed by atoms with Gasteiger partial charge in [0.25, 0.3) is 0 Å². The van der Waals surface area contributed by atoms with Crippen LogP contribution < -0.4 is 10.1 Å². The number of phenols is 1. The van der Waals surface area contributed by atoms with E-state index >= 15 is 0 Å². The molecule has 0 aliphatic carbocycles. The highest BCUT2D eigenvalue weighted by molar-refractivity contribution is 7.99. The van der Waals surface area contributed by atoms with Crippen molar-refractivity contribution >= 4 is 29.0 Å². The summed E-state index contributed by atoms with van der Waals surface area (Å²) in [7, 11) is 1.60. The number of rotatable bonds is 8. The van der Waals surface area contributed by atoms with Crippen LogP contribution in [0.5, 0.6) is 11.5 Å². The molecular formula is C19H19N5O5S. The molecule has 1 heterocycles. The molecule has 1 amide bonds. The number of phenolic OH excluding ortho intramolecular Hbond substituents is 1. The molecule has 0 radical (unpaired) electrons. The zero-order valence-corrected chi connectivity index (χ0v) is 17.0. The molecule has 3 rings (SSSR count). The first-order chi connectivity index (χ1) is 14.4. The zero-order chi connectivity index (χ0) is 21.7. The standard InChI is InChI=1S/C19H19N5O5S/c1-3-23-18(12-4-7-14(29-2)8-5-12)21-22-19(23)30-11-17(26)20-13-6-9-16(25)15(10-13)24(27)28/h4-10,25H,3,11H2,1-2H3,(H,20,26).